The minimum absolute atomic E-state index is 0.211. The highest BCUT2D eigenvalue weighted by atomic mass is 32.1. The molecule has 3 rings (SSSR count). The monoisotopic (exact) mass is 297 g/mol. The molecule has 0 saturated heterocycles. The lowest BCUT2D eigenvalue weighted by atomic mass is 10.1. The number of hydrogen-bond donors (Lipinski definition) is 2. The highest BCUT2D eigenvalue weighted by Gasteiger charge is 2.09. The number of nitrogens with zero attached hydrogens (tertiary/aromatic N) is 1. The molecule has 0 fully saturated rings. The van der Waals surface area contributed by atoms with Crippen LogP contribution in [0, 0.1) is 0 Å². The van der Waals surface area contributed by atoms with Crippen LogP contribution in [0.4, 0.5) is 0 Å². The van der Waals surface area contributed by atoms with Crippen molar-refractivity contribution in [2.75, 3.05) is 0 Å². The average molecular weight is 297 g/mol. The molecule has 3 aromatic rings. The summed E-state index contributed by atoms with van der Waals surface area (Å²) in [4.78, 5) is 15.5. The molecule has 0 bridgehead atoms. The van der Waals surface area contributed by atoms with Gasteiger partial charge in [-0.25, -0.2) is 9.78 Å². The van der Waals surface area contributed by atoms with Crippen molar-refractivity contribution in [3.05, 3.63) is 59.5 Å². The molecule has 0 aliphatic carbocycles. The Bertz CT molecular complexity index is 793. The first-order chi connectivity index (χ1) is 10.1. The molecule has 0 spiro atoms. The van der Waals surface area contributed by atoms with Crippen molar-refractivity contribution in [2.45, 2.75) is 0 Å². The maximum Gasteiger partial charge on any atom is 0.335 e. The Morgan fingerprint density at radius 1 is 1.05 bits per heavy atom. The zero-order valence-electron chi connectivity index (χ0n) is 10.9. The predicted molar refractivity (Wildman–Crippen MR) is 81.6 cm³/mol. The summed E-state index contributed by atoms with van der Waals surface area (Å²) >= 11 is 1.46. The topological polar surface area (TPSA) is 70.4 Å². The number of rotatable bonds is 3. The number of thiazole rings is 1. The molecule has 4 nitrogen and oxygen atoms in total. The second-order valence-corrected chi connectivity index (χ2v) is 5.33. The van der Waals surface area contributed by atoms with E-state index < -0.39 is 5.97 Å². The molecule has 0 amide bonds. The van der Waals surface area contributed by atoms with E-state index in [2.05, 4.69) is 4.98 Å². The Balaban J connectivity index is 1.96. The molecule has 104 valence electrons. The molecule has 0 aliphatic rings. The van der Waals surface area contributed by atoms with Crippen LogP contribution in [-0.2, 0) is 0 Å². The molecule has 0 unspecified atom stereocenters. The molecule has 21 heavy (non-hydrogen) atoms. The highest BCUT2D eigenvalue weighted by Crippen LogP contribution is 2.29. The number of phenols is 1. The first-order valence-corrected chi connectivity index (χ1v) is 7.10. The van der Waals surface area contributed by atoms with Crippen LogP contribution in [0.15, 0.2) is 53.9 Å². The maximum absolute atomic E-state index is 11.0. The quantitative estimate of drug-likeness (QED) is 0.769. The van der Waals surface area contributed by atoms with Crippen molar-refractivity contribution in [1.82, 2.24) is 4.98 Å². The largest absolute Gasteiger partial charge is 0.508 e. The zero-order valence-corrected chi connectivity index (χ0v) is 11.7. The number of aromatic hydroxyl groups is 1. The van der Waals surface area contributed by atoms with Gasteiger partial charge in [-0.1, -0.05) is 12.1 Å². The van der Waals surface area contributed by atoms with Crippen LogP contribution in [0.2, 0.25) is 0 Å². The Kier molecular flexibility index (Phi) is 3.41. The second kappa shape index (κ2) is 5.38. The smallest absolute Gasteiger partial charge is 0.335 e. The summed E-state index contributed by atoms with van der Waals surface area (Å²) in [6.07, 6.45) is 0. The molecule has 2 aromatic carbocycles. The number of benzene rings is 2. The molecule has 5 heteroatoms. The Hall–Kier alpha value is -2.66. The van der Waals surface area contributed by atoms with Gasteiger partial charge < -0.3 is 10.2 Å². The first-order valence-electron chi connectivity index (χ1n) is 6.22. The molecular formula is C16H11NO3S. The summed E-state index contributed by atoms with van der Waals surface area (Å²) in [7, 11) is 0. The Morgan fingerprint density at radius 2 is 1.81 bits per heavy atom. The summed E-state index contributed by atoms with van der Waals surface area (Å²) in [5.74, 6) is -0.740. The van der Waals surface area contributed by atoms with E-state index >= 15 is 0 Å². The fourth-order valence-electron chi connectivity index (χ4n) is 1.96. The lowest BCUT2D eigenvalue weighted by molar-refractivity contribution is 0.0697. The van der Waals surface area contributed by atoms with E-state index in [-0.39, 0.29) is 11.3 Å². The van der Waals surface area contributed by atoms with Crippen molar-refractivity contribution in [3.63, 3.8) is 0 Å². The van der Waals surface area contributed by atoms with E-state index in [1.807, 2.05) is 11.4 Å². The number of aromatic carboxylic acids is 1. The van der Waals surface area contributed by atoms with E-state index in [1.165, 1.54) is 11.3 Å². The van der Waals surface area contributed by atoms with E-state index in [1.54, 1.807) is 42.5 Å². The summed E-state index contributed by atoms with van der Waals surface area (Å²) in [5, 5.41) is 21.0. The maximum atomic E-state index is 11.0. The van der Waals surface area contributed by atoms with Crippen molar-refractivity contribution in [3.8, 4) is 27.6 Å². The number of carboxylic acid groups (broad SMARTS) is 1. The minimum Gasteiger partial charge on any atom is -0.508 e. The molecule has 0 aliphatic heterocycles. The molecule has 1 heterocycles. The lowest BCUT2D eigenvalue weighted by Crippen LogP contribution is -1.95. The minimum atomic E-state index is -0.952. The van der Waals surface area contributed by atoms with Gasteiger partial charge in [-0.15, -0.1) is 11.3 Å². The van der Waals surface area contributed by atoms with Crippen LogP contribution in [0.25, 0.3) is 21.8 Å². The van der Waals surface area contributed by atoms with Gasteiger partial charge in [0.05, 0.1) is 11.3 Å². The summed E-state index contributed by atoms with van der Waals surface area (Å²) in [6.45, 7) is 0. The van der Waals surface area contributed by atoms with Gasteiger partial charge in [0.2, 0.25) is 0 Å². The van der Waals surface area contributed by atoms with Crippen LogP contribution < -0.4 is 0 Å². The standard InChI is InChI=1S/C16H11NO3S/c18-13-6-4-10(5-7-13)14-9-21-15(17-14)11-2-1-3-12(8-11)16(19)20/h1-9,18H,(H,19,20). The van der Waals surface area contributed by atoms with Gasteiger partial charge >= 0.3 is 5.97 Å². The van der Waals surface area contributed by atoms with Gasteiger partial charge in [0.15, 0.2) is 0 Å². The highest BCUT2D eigenvalue weighted by molar-refractivity contribution is 7.13. The number of phenolic OH excluding ortho intramolecular Hbond substituents is 1. The van der Waals surface area contributed by atoms with E-state index in [9.17, 15) is 9.90 Å². The Morgan fingerprint density at radius 3 is 2.52 bits per heavy atom. The van der Waals surface area contributed by atoms with Gasteiger partial charge in [-0.3, -0.25) is 0 Å². The van der Waals surface area contributed by atoms with Gasteiger partial charge in [-0.2, -0.15) is 0 Å². The van der Waals surface area contributed by atoms with Crippen molar-refractivity contribution in [1.29, 1.82) is 0 Å². The molecule has 1 aromatic heterocycles. The molecule has 0 atom stereocenters. The van der Waals surface area contributed by atoms with Crippen molar-refractivity contribution >= 4 is 17.3 Å². The number of carboxylic acids is 1. The van der Waals surface area contributed by atoms with Gasteiger partial charge in [-0.05, 0) is 36.4 Å². The fraction of sp³-hybridized carbons (Fsp3) is 0. The SMILES string of the molecule is O=C(O)c1cccc(-c2nc(-c3ccc(O)cc3)cs2)c1. The van der Waals surface area contributed by atoms with E-state index in [0.29, 0.717) is 0 Å². The molecule has 2 N–H and O–H groups in total. The fourth-order valence-corrected chi connectivity index (χ4v) is 2.78. The summed E-state index contributed by atoms with van der Waals surface area (Å²) < 4.78 is 0. The third-order valence-corrected chi connectivity index (χ3v) is 3.92. The van der Waals surface area contributed by atoms with Crippen LogP contribution >= 0.6 is 11.3 Å². The zero-order chi connectivity index (χ0) is 14.8. The number of aromatic nitrogens is 1. The van der Waals surface area contributed by atoms with Crippen LogP contribution in [-0.4, -0.2) is 21.2 Å². The van der Waals surface area contributed by atoms with Gasteiger partial charge in [0, 0.05) is 16.5 Å². The predicted octanol–water partition coefficient (Wildman–Crippen LogP) is 3.88. The molecule has 0 radical (unpaired) electrons. The summed E-state index contributed by atoms with van der Waals surface area (Å²) in [6, 6.07) is 13.5. The van der Waals surface area contributed by atoms with E-state index in [0.717, 1.165) is 21.8 Å². The third kappa shape index (κ3) is 2.78. The number of carbonyl (C=O) groups is 1. The Labute approximate surface area is 125 Å². The molecular weight excluding hydrogens is 286 g/mol. The van der Waals surface area contributed by atoms with Crippen molar-refractivity contribution in [2.24, 2.45) is 0 Å². The average Bonchev–Trinajstić information content (AvgIpc) is 2.98. The number of hydrogen-bond acceptors (Lipinski definition) is 4. The van der Waals surface area contributed by atoms with E-state index in [4.69, 9.17) is 5.11 Å². The second-order valence-electron chi connectivity index (χ2n) is 4.47. The summed E-state index contributed by atoms with van der Waals surface area (Å²) in [5.41, 5.74) is 2.74. The lowest BCUT2D eigenvalue weighted by Gasteiger charge is -1.99. The van der Waals surface area contributed by atoms with Crippen molar-refractivity contribution < 1.29 is 15.0 Å². The first kappa shape index (κ1) is 13.3. The van der Waals surface area contributed by atoms with Crippen LogP contribution in [0.1, 0.15) is 10.4 Å². The normalized spacial score (nSPS) is 10.5. The molecule has 0 saturated carbocycles. The van der Waals surface area contributed by atoms with Crippen LogP contribution in [0.3, 0.4) is 0 Å². The van der Waals surface area contributed by atoms with Gasteiger partial charge in [0.25, 0.3) is 0 Å². The van der Waals surface area contributed by atoms with Crippen LogP contribution in [0.5, 0.6) is 5.75 Å². The van der Waals surface area contributed by atoms with Gasteiger partial charge in [0.1, 0.15) is 10.8 Å². The third-order valence-electron chi connectivity index (χ3n) is 3.02.